The predicted octanol–water partition coefficient (Wildman–Crippen LogP) is 2.13. The Labute approximate surface area is 108 Å². The number of hydrogen-bond acceptors (Lipinski definition) is 5. The smallest absolute Gasteiger partial charge is 0.409 e. The van der Waals surface area contributed by atoms with Gasteiger partial charge in [-0.15, -0.1) is 0 Å². The van der Waals surface area contributed by atoms with Crippen molar-refractivity contribution in [1.29, 1.82) is 0 Å². The highest BCUT2D eigenvalue weighted by atomic mass is 16.5. The largest absolute Gasteiger partial charge is 0.465 e. The summed E-state index contributed by atoms with van der Waals surface area (Å²) in [5, 5.41) is 10.9. The van der Waals surface area contributed by atoms with E-state index in [9.17, 15) is 4.79 Å². The molecule has 0 saturated carbocycles. The Bertz CT molecular complexity index is 598. The zero-order chi connectivity index (χ0) is 13.8. The van der Waals surface area contributed by atoms with Gasteiger partial charge in [-0.2, -0.15) is 0 Å². The van der Waals surface area contributed by atoms with Gasteiger partial charge in [0, 0.05) is 18.0 Å². The third kappa shape index (κ3) is 3.03. The van der Waals surface area contributed by atoms with Gasteiger partial charge in [-0.05, 0) is 24.3 Å². The molecule has 98 valence electrons. The summed E-state index contributed by atoms with van der Waals surface area (Å²) in [7, 11) is 0. The number of benzene rings is 1. The van der Waals surface area contributed by atoms with E-state index in [1.807, 2.05) is 0 Å². The minimum Gasteiger partial charge on any atom is -0.465 e. The van der Waals surface area contributed by atoms with Crippen LogP contribution in [0.2, 0.25) is 0 Å². The summed E-state index contributed by atoms with van der Waals surface area (Å²) in [4.78, 5) is 14.5. The molecule has 0 bridgehead atoms. The number of nitrogen functional groups attached to an aromatic ring is 2. The Balaban J connectivity index is 2.31. The van der Waals surface area contributed by atoms with Crippen molar-refractivity contribution in [3.8, 4) is 11.5 Å². The van der Waals surface area contributed by atoms with Gasteiger partial charge in [0.2, 0.25) is 0 Å². The van der Waals surface area contributed by atoms with E-state index in [0.717, 1.165) is 0 Å². The number of amides is 1. The predicted molar refractivity (Wildman–Crippen MR) is 71.2 cm³/mol. The molecule has 1 aromatic heterocycles. The lowest BCUT2D eigenvalue weighted by atomic mass is 10.3. The minimum absolute atomic E-state index is 0.0374. The Hall–Kier alpha value is -2.96. The minimum atomic E-state index is -1.25. The first kappa shape index (κ1) is 12.5. The molecule has 1 amide bonds. The van der Waals surface area contributed by atoms with Gasteiger partial charge in [0.15, 0.2) is 11.6 Å². The number of carboxylic acid groups (broad SMARTS) is 1. The maximum Gasteiger partial charge on any atom is 0.409 e. The number of rotatable bonds is 3. The molecular weight excluding hydrogens is 248 g/mol. The summed E-state index contributed by atoms with van der Waals surface area (Å²) < 4.78 is 5.54. The lowest BCUT2D eigenvalue weighted by Gasteiger charge is -2.12. The van der Waals surface area contributed by atoms with Crippen molar-refractivity contribution < 1.29 is 14.6 Å². The number of nitrogens with one attached hydrogen (secondary N) is 1. The van der Waals surface area contributed by atoms with Gasteiger partial charge in [0.1, 0.15) is 11.4 Å². The van der Waals surface area contributed by atoms with Crippen LogP contribution in [-0.4, -0.2) is 16.2 Å². The van der Waals surface area contributed by atoms with Crippen LogP contribution in [0.1, 0.15) is 0 Å². The van der Waals surface area contributed by atoms with Gasteiger partial charge in [-0.25, -0.2) is 9.78 Å². The zero-order valence-electron chi connectivity index (χ0n) is 9.83. The molecule has 0 aliphatic rings. The number of anilines is 3. The third-order valence-electron chi connectivity index (χ3n) is 2.28. The Morgan fingerprint density at radius 3 is 2.53 bits per heavy atom. The Morgan fingerprint density at radius 2 is 1.89 bits per heavy atom. The zero-order valence-corrected chi connectivity index (χ0v) is 9.83. The summed E-state index contributed by atoms with van der Waals surface area (Å²) in [6.07, 6.45) is 0.177. The fourth-order valence-corrected chi connectivity index (χ4v) is 1.44. The van der Waals surface area contributed by atoms with Gasteiger partial charge in [0.05, 0.1) is 0 Å². The van der Waals surface area contributed by atoms with E-state index in [1.165, 1.54) is 12.3 Å². The average Bonchev–Trinajstić information content (AvgIpc) is 2.36. The van der Waals surface area contributed by atoms with Crippen LogP contribution in [0.25, 0.3) is 0 Å². The summed E-state index contributed by atoms with van der Waals surface area (Å²) in [6, 6.07) is 8.18. The SMILES string of the molecule is Nc1ccc(Oc2ccnc(N)c2NC(=O)O)cc1. The molecule has 19 heavy (non-hydrogen) atoms. The highest BCUT2D eigenvalue weighted by Gasteiger charge is 2.12. The second-order valence-corrected chi connectivity index (χ2v) is 3.67. The van der Waals surface area contributed by atoms with Gasteiger partial charge < -0.3 is 21.3 Å². The summed E-state index contributed by atoms with van der Waals surface area (Å²) in [6.45, 7) is 0. The number of aromatic nitrogens is 1. The van der Waals surface area contributed by atoms with Crippen molar-refractivity contribution >= 4 is 23.3 Å². The monoisotopic (exact) mass is 260 g/mol. The van der Waals surface area contributed by atoms with Gasteiger partial charge in [-0.1, -0.05) is 0 Å². The van der Waals surface area contributed by atoms with E-state index in [4.69, 9.17) is 21.3 Å². The molecule has 0 atom stereocenters. The molecule has 1 heterocycles. The molecule has 0 unspecified atom stereocenters. The number of nitrogens with zero attached hydrogens (tertiary/aromatic N) is 1. The van der Waals surface area contributed by atoms with Crippen LogP contribution < -0.4 is 21.5 Å². The van der Waals surface area contributed by atoms with E-state index in [-0.39, 0.29) is 17.3 Å². The molecule has 6 N–H and O–H groups in total. The van der Waals surface area contributed by atoms with E-state index in [1.54, 1.807) is 24.3 Å². The maximum absolute atomic E-state index is 10.7. The summed E-state index contributed by atoms with van der Waals surface area (Å²) in [5.74, 6) is 0.809. The normalized spacial score (nSPS) is 9.89. The fourth-order valence-electron chi connectivity index (χ4n) is 1.44. The van der Waals surface area contributed by atoms with Crippen molar-refractivity contribution in [2.24, 2.45) is 0 Å². The number of hydrogen-bond donors (Lipinski definition) is 4. The van der Waals surface area contributed by atoms with Gasteiger partial charge >= 0.3 is 6.09 Å². The first-order valence-corrected chi connectivity index (χ1v) is 5.34. The lowest BCUT2D eigenvalue weighted by Crippen LogP contribution is -2.11. The standard InChI is InChI=1S/C12H12N4O3/c13-7-1-3-8(4-2-7)19-9-5-6-15-11(14)10(9)16-12(17)18/h1-6,16H,13H2,(H2,14,15)(H,17,18). The molecule has 2 rings (SSSR count). The van der Waals surface area contributed by atoms with Crippen molar-refractivity contribution in [3.05, 3.63) is 36.5 Å². The molecule has 0 spiro atoms. The molecular formula is C12H12N4O3. The van der Waals surface area contributed by atoms with Crippen molar-refractivity contribution in [1.82, 2.24) is 4.98 Å². The maximum atomic E-state index is 10.7. The quantitative estimate of drug-likeness (QED) is 0.627. The van der Waals surface area contributed by atoms with Gasteiger partial charge in [0.25, 0.3) is 0 Å². The van der Waals surface area contributed by atoms with Crippen LogP contribution in [-0.2, 0) is 0 Å². The highest BCUT2D eigenvalue weighted by Crippen LogP contribution is 2.32. The molecule has 1 aromatic carbocycles. The van der Waals surface area contributed by atoms with Crippen molar-refractivity contribution in [2.45, 2.75) is 0 Å². The summed E-state index contributed by atoms with van der Waals surface area (Å²) >= 11 is 0. The third-order valence-corrected chi connectivity index (χ3v) is 2.28. The highest BCUT2D eigenvalue weighted by molar-refractivity contribution is 5.89. The second-order valence-electron chi connectivity index (χ2n) is 3.67. The molecule has 2 aromatic rings. The number of nitrogens with two attached hydrogens (primary N) is 2. The Kier molecular flexibility index (Phi) is 3.37. The van der Waals surface area contributed by atoms with Crippen LogP contribution in [0.3, 0.4) is 0 Å². The molecule has 0 aliphatic heterocycles. The van der Waals surface area contributed by atoms with Crippen molar-refractivity contribution in [3.63, 3.8) is 0 Å². The van der Waals surface area contributed by atoms with Crippen molar-refractivity contribution in [2.75, 3.05) is 16.8 Å². The van der Waals surface area contributed by atoms with E-state index in [2.05, 4.69) is 10.3 Å². The average molecular weight is 260 g/mol. The van der Waals surface area contributed by atoms with Crippen LogP contribution in [0, 0.1) is 0 Å². The summed E-state index contributed by atoms with van der Waals surface area (Å²) in [5.41, 5.74) is 11.9. The Morgan fingerprint density at radius 1 is 1.21 bits per heavy atom. The molecule has 0 radical (unpaired) electrons. The van der Waals surface area contributed by atoms with Gasteiger partial charge in [-0.3, -0.25) is 5.32 Å². The van der Waals surface area contributed by atoms with Crippen LogP contribution >= 0.6 is 0 Å². The molecule has 0 aliphatic carbocycles. The van der Waals surface area contributed by atoms with E-state index >= 15 is 0 Å². The molecule has 7 heteroatoms. The first-order valence-electron chi connectivity index (χ1n) is 5.34. The molecule has 0 fully saturated rings. The van der Waals surface area contributed by atoms with E-state index in [0.29, 0.717) is 11.4 Å². The number of pyridine rings is 1. The number of ether oxygens (including phenoxy) is 1. The van der Waals surface area contributed by atoms with Crippen LogP contribution in [0.5, 0.6) is 11.5 Å². The first-order chi connectivity index (χ1) is 9.06. The second kappa shape index (κ2) is 5.13. The topological polar surface area (TPSA) is 123 Å². The molecule has 7 nitrogen and oxygen atoms in total. The van der Waals surface area contributed by atoms with E-state index < -0.39 is 6.09 Å². The lowest BCUT2D eigenvalue weighted by molar-refractivity contribution is 0.209. The van der Waals surface area contributed by atoms with Crippen LogP contribution in [0.4, 0.5) is 22.0 Å². The van der Waals surface area contributed by atoms with Crippen LogP contribution in [0.15, 0.2) is 36.5 Å². The fraction of sp³-hybridized carbons (Fsp3) is 0. The molecule has 0 saturated heterocycles. The number of carbonyl (C=O) groups is 1.